The molecule has 0 bridgehead atoms. The second kappa shape index (κ2) is 8.33. The van der Waals surface area contributed by atoms with Crippen molar-refractivity contribution in [2.75, 3.05) is 10.8 Å². The van der Waals surface area contributed by atoms with Gasteiger partial charge in [0.2, 0.25) is 0 Å². The van der Waals surface area contributed by atoms with Gasteiger partial charge < -0.3 is 0 Å². The Balaban J connectivity index is 2.68. The first kappa shape index (κ1) is 19.9. The number of aryl methyl sites for hydroxylation is 3. The molecule has 3 N–H and O–H groups in total. The number of nitrogens with one attached hydrogen (secondary N) is 1. The molecule has 1 amide bonds. The average molecular weight is 375 g/mol. The summed E-state index contributed by atoms with van der Waals surface area (Å²) in [6.07, 6.45) is 1.29. The fraction of sp³-hybridized carbons (Fsp3) is 0.316. The van der Waals surface area contributed by atoms with Crippen LogP contribution in [0.25, 0.3) is 0 Å². The maximum Gasteiger partial charge on any atom is 0.264 e. The summed E-state index contributed by atoms with van der Waals surface area (Å²) in [5, 5.41) is 0. The molecule has 2 rings (SSSR count). The van der Waals surface area contributed by atoms with Gasteiger partial charge in [-0.2, -0.15) is 0 Å². The van der Waals surface area contributed by atoms with Crippen LogP contribution in [0.3, 0.4) is 0 Å². The molecule has 0 saturated carbocycles. The highest BCUT2D eigenvalue weighted by atomic mass is 32.2. The van der Waals surface area contributed by atoms with Crippen molar-refractivity contribution in [2.24, 2.45) is 5.84 Å². The number of nitrogens with zero attached hydrogens (tertiary/aromatic N) is 1. The Kier molecular flexibility index (Phi) is 6.39. The highest BCUT2D eigenvalue weighted by Gasteiger charge is 2.29. The highest BCUT2D eigenvalue weighted by molar-refractivity contribution is 7.92. The molecular weight excluding hydrogens is 350 g/mol. The Bertz CT molecular complexity index is 855. The molecule has 0 aliphatic rings. The average Bonchev–Trinajstić information content (AvgIpc) is 2.65. The molecule has 140 valence electrons. The smallest absolute Gasteiger partial charge is 0.264 e. The minimum absolute atomic E-state index is 0.140. The van der Waals surface area contributed by atoms with E-state index >= 15 is 0 Å². The summed E-state index contributed by atoms with van der Waals surface area (Å²) in [5.74, 6) is 4.64. The summed E-state index contributed by atoms with van der Waals surface area (Å²) in [6, 6.07) is 12.2. The standard InChI is InChI=1S/C19H25N3O3S/c1-4-15-7-6-8-16(5-2)19(15)22(13-18(23)21-20)26(24,25)17-11-9-14(3)10-12-17/h6-12H,4-5,13,20H2,1-3H3,(H,21,23). The number of benzene rings is 2. The van der Waals surface area contributed by atoms with Gasteiger partial charge in [0.15, 0.2) is 0 Å². The van der Waals surface area contributed by atoms with Crippen LogP contribution in [0.1, 0.15) is 30.5 Å². The lowest BCUT2D eigenvalue weighted by Crippen LogP contribution is -2.43. The predicted molar refractivity (Wildman–Crippen MR) is 103 cm³/mol. The van der Waals surface area contributed by atoms with Gasteiger partial charge in [-0.05, 0) is 43.0 Å². The van der Waals surface area contributed by atoms with Gasteiger partial charge in [-0.25, -0.2) is 14.3 Å². The largest absolute Gasteiger partial charge is 0.293 e. The van der Waals surface area contributed by atoms with Gasteiger partial charge in [0.1, 0.15) is 6.54 Å². The lowest BCUT2D eigenvalue weighted by molar-refractivity contribution is -0.119. The molecule has 0 spiro atoms. The lowest BCUT2D eigenvalue weighted by atomic mass is 10.0. The third-order valence-corrected chi connectivity index (χ3v) is 6.03. The van der Waals surface area contributed by atoms with E-state index in [9.17, 15) is 13.2 Å². The summed E-state index contributed by atoms with van der Waals surface area (Å²) in [5.41, 5.74) is 5.27. The van der Waals surface area contributed by atoms with Crippen molar-refractivity contribution in [3.05, 3.63) is 59.2 Å². The third kappa shape index (κ3) is 4.05. The van der Waals surface area contributed by atoms with E-state index in [-0.39, 0.29) is 11.4 Å². The molecule has 0 aliphatic carbocycles. The number of carbonyl (C=O) groups is 1. The van der Waals surface area contributed by atoms with Crippen LogP contribution in [0.4, 0.5) is 5.69 Å². The first-order valence-electron chi connectivity index (χ1n) is 8.54. The van der Waals surface area contributed by atoms with Gasteiger partial charge >= 0.3 is 0 Å². The van der Waals surface area contributed by atoms with Crippen molar-refractivity contribution in [2.45, 2.75) is 38.5 Å². The minimum atomic E-state index is -3.92. The molecule has 2 aromatic rings. The number of hydrogen-bond donors (Lipinski definition) is 2. The van der Waals surface area contributed by atoms with Gasteiger partial charge in [0, 0.05) is 0 Å². The zero-order valence-electron chi connectivity index (χ0n) is 15.3. The molecule has 0 saturated heterocycles. The number of amides is 1. The van der Waals surface area contributed by atoms with E-state index in [0.29, 0.717) is 18.5 Å². The summed E-state index contributed by atoms with van der Waals surface area (Å²) in [4.78, 5) is 12.1. The topological polar surface area (TPSA) is 92.5 Å². The van der Waals surface area contributed by atoms with Gasteiger partial charge in [0.05, 0.1) is 10.6 Å². The van der Waals surface area contributed by atoms with Crippen LogP contribution >= 0.6 is 0 Å². The number of sulfonamides is 1. The number of hydrogen-bond acceptors (Lipinski definition) is 4. The molecule has 7 heteroatoms. The van der Waals surface area contributed by atoms with E-state index in [1.807, 2.05) is 44.4 Å². The molecular formula is C19H25N3O3S. The summed E-state index contributed by atoms with van der Waals surface area (Å²) in [6.45, 7) is 5.42. The molecule has 0 unspecified atom stereocenters. The van der Waals surface area contributed by atoms with Gasteiger partial charge in [-0.3, -0.25) is 14.5 Å². The SMILES string of the molecule is CCc1cccc(CC)c1N(CC(=O)NN)S(=O)(=O)c1ccc(C)cc1. The van der Waals surface area contributed by atoms with Crippen LogP contribution in [0.2, 0.25) is 0 Å². The third-order valence-electron chi connectivity index (χ3n) is 4.27. The van der Waals surface area contributed by atoms with Crippen LogP contribution in [-0.4, -0.2) is 20.9 Å². The molecule has 0 aromatic heterocycles. The fourth-order valence-electron chi connectivity index (χ4n) is 2.83. The maximum atomic E-state index is 13.3. The minimum Gasteiger partial charge on any atom is -0.293 e. The summed E-state index contributed by atoms with van der Waals surface area (Å²) in [7, 11) is -3.92. The number of carbonyl (C=O) groups excluding carboxylic acids is 1. The van der Waals surface area contributed by atoms with E-state index in [4.69, 9.17) is 5.84 Å². The Morgan fingerprint density at radius 2 is 1.58 bits per heavy atom. The van der Waals surface area contributed by atoms with Gasteiger partial charge in [-0.1, -0.05) is 49.7 Å². The van der Waals surface area contributed by atoms with Gasteiger partial charge in [-0.15, -0.1) is 0 Å². The van der Waals surface area contributed by atoms with Gasteiger partial charge in [0.25, 0.3) is 15.9 Å². The Morgan fingerprint density at radius 3 is 2.04 bits per heavy atom. The molecule has 0 fully saturated rings. The second-order valence-electron chi connectivity index (χ2n) is 6.02. The molecule has 6 nitrogen and oxygen atoms in total. The number of rotatable bonds is 7. The van der Waals surface area contributed by atoms with Crippen LogP contribution in [0, 0.1) is 6.92 Å². The zero-order valence-corrected chi connectivity index (χ0v) is 16.1. The van der Waals surface area contributed by atoms with Crippen LogP contribution in [-0.2, 0) is 27.7 Å². The van der Waals surface area contributed by atoms with E-state index in [2.05, 4.69) is 0 Å². The van der Waals surface area contributed by atoms with Crippen LogP contribution in [0.15, 0.2) is 47.4 Å². The number of hydrazine groups is 1. The molecule has 0 atom stereocenters. The van der Waals surface area contributed by atoms with Crippen molar-refractivity contribution in [1.82, 2.24) is 5.43 Å². The normalized spacial score (nSPS) is 11.2. The van der Waals surface area contributed by atoms with Crippen molar-refractivity contribution in [3.8, 4) is 0 Å². The Labute approximate surface area is 155 Å². The monoisotopic (exact) mass is 375 g/mol. The predicted octanol–water partition coefficient (Wildman–Crippen LogP) is 2.31. The van der Waals surface area contributed by atoms with E-state index in [1.165, 1.54) is 0 Å². The Hall–Kier alpha value is -2.38. The summed E-state index contributed by atoms with van der Waals surface area (Å²) >= 11 is 0. The van der Waals surface area contributed by atoms with E-state index < -0.39 is 15.9 Å². The molecule has 0 heterocycles. The molecule has 2 aromatic carbocycles. The van der Waals surface area contributed by atoms with E-state index in [1.54, 1.807) is 24.3 Å². The lowest BCUT2D eigenvalue weighted by Gasteiger charge is -2.28. The molecule has 26 heavy (non-hydrogen) atoms. The quantitative estimate of drug-likeness (QED) is 0.441. The van der Waals surface area contributed by atoms with Crippen LogP contribution < -0.4 is 15.6 Å². The molecule has 0 aliphatic heterocycles. The van der Waals surface area contributed by atoms with Crippen molar-refractivity contribution in [1.29, 1.82) is 0 Å². The van der Waals surface area contributed by atoms with E-state index in [0.717, 1.165) is 21.0 Å². The van der Waals surface area contributed by atoms with Crippen molar-refractivity contribution >= 4 is 21.6 Å². The number of anilines is 1. The molecule has 0 radical (unpaired) electrons. The van der Waals surface area contributed by atoms with Crippen molar-refractivity contribution in [3.63, 3.8) is 0 Å². The van der Waals surface area contributed by atoms with Crippen LogP contribution in [0.5, 0.6) is 0 Å². The highest BCUT2D eigenvalue weighted by Crippen LogP contribution is 2.31. The van der Waals surface area contributed by atoms with Crippen molar-refractivity contribution < 1.29 is 13.2 Å². The number of para-hydroxylation sites is 1. The summed E-state index contributed by atoms with van der Waals surface area (Å²) < 4.78 is 27.8. The maximum absolute atomic E-state index is 13.3. The zero-order chi connectivity index (χ0) is 19.3. The number of nitrogens with two attached hydrogens (primary N) is 1. The fourth-order valence-corrected chi connectivity index (χ4v) is 4.33. The first-order valence-corrected chi connectivity index (χ1v) is 9.98. The Morgan fingerprint density at radius 1 is 1.04 bits per heavy atom. The first-order chi connectivity index (χ1) is 12.3. The second-order valence-corrected chi connectivity index (χ2v) is 7.89.